The van der Waals surface area contributed by atoms with Crippen molar-refractivity contribution in [3.05, 3.63) is 59.7 Å². The fourth-order valence-corrected chi connectivity index (χ4v) is 3.42. The smallest absolute Gasteiger partial charge is 0.475 e. The van der Waals surface area contributed by atoms with Gasteiger partial charge in [0.15, 0.2) is 0 Å². The minimum Gasteiger partial charge on any atom is -0.497 e. The van der Waals surface area contributed by atoms with Gasteiger partial charge in [-0.3, -0.25) is 9.59 Å². The third-order valence-corrected chi connectivity index (χ3v) is 5.50. The Kier molecular flexibility index (Phi) is 12.6. The van der Waals surface area contributed by atoms with E-state index in [9.17, 15) is 19.6 Å². The Morgan fingerprint density at radius 1 is 0.857 bits per heavy atom. The van der Waals surface area contributed by atoms with E-state index in [1.807, 2.05) is 12.1 Å². The van der Waals surface area contributed by atoms with Crippen molar-refractivity contribution in [3.8, 4) is 11.5 Å². The zero-order valence-corrected chi connectivity index (χ0v) is 21.2. The lowest BCUT2D eigenvalue weighted by Crippen LogP contribution is -2.58. The van der Waals surface area contributed by atoms with Gasteiger partial charge in [-0.1, -0.05) is 38.1 Å². The van der Waals surface area contributed by atoms with Gasteiger partial charge in [-0.25, -0.2) is 0 Å². The van der Waals surface area contributed by atoms with E-state index in [0.29, 0.717) is 11.5 Å². The molecule has 3 atom stereocenters. The summed E-state index contributed by atoms with van der Waals surface area (Å²) in [6.07, 6.45) is 0.473. The van der Waals surface area contributed by atoms with Crippen LogP contribution in [0.15, 0.2) is 48.5 Å². The second kappa shape index (κ2) is 14.6. The molecule has 2 aromatic carbocycles. The van der Waals surface area contributed by atoms with E-state index >= 15 is 0 Å². The summed E-state index contributed by atoms with van der Waals surface area (Å²) in [5, 5.41) is 25.0. The summed E-state index contributed by atoms with van der Waals surface area (Å²) < 4.78 is 10.3. The molecule has 11 heteroatoms. The number of amides is 2. The number of methoxy groups -OCH3 is 2. The first-order valence-electron chi connectivity index (χ1n) is 11.1. The lowest BCUT2D eigenvalue weighted by atomic mass is 9.75. The molecule has 0 aromatic heterocycles. The van der Waals surface area contributed by atoms with Crippen LogP contribution in [-0.4, -0.2) is 61.2 Å². The molecule has 0 bridgehead atoms. The molecule has 0 aliphatic carbocycles. The Labute approximate surface area is 212 Å². The summed E-state index contributed by atoms with van der Waals surface area (Å²) in [5.74, 6) is -0.842. The second-order valence-electron chi connectivity index (χ2n) is 8.47. The van der Waals surface area contributed by atoms with Crippen molar-refractivity contribution in [3.63, 3.8) is 0 Å². The van der Waals surface area contributed by atoms with Gasteiger partial charge >= 0.3 is 7.12 Å². The standard InChI is InChI=1S/C24H34BN3O6.ClH/c1-15(2)22(28-23(29)20(26)13-16-5-9-18(33-3)10-6-16)24(30)27-21(25(31)32)14-17-7-11-19(34-4)12-8-17;/h5-12,15,20-22,31-32H,13-14,26H2,1-4H3,(H,27,30)(H,28,29);1H/t20-,21-,22-;/m0./s1. The molecule has 0 spiro atoms. The molecule has 0 fully saturated rings. The second-order valence-corrected chi connectivity index (χ2v) is 8.47. The number of rotatable bonds is 12. The van der Waals surface area contributed by atoms with E-state index in [1.54, 1.807) is 64.5 Å². The molecule has 0 unspecified atom stereocenters. The third kappa shape index (κ3) is 9.41. The number of hydrogen-bond acceptors (Lipinski definition) is 7. The van der Waals surface area contributed by atoms with E-state index in [1.165, 1.54) is 0 Å². The quantitative estimate of drug-likeness (QED) is 0.268. The van der Waals surface area contributed by atoms with Crippen LogP contribution in [-0.2, 0) is 22.4 Å². The number of nitrogens with two attached hydrogens (primary N) is 1. The molecule has 0 aliphatic rings. The maximum Gasteiger partial charge on any atom is 0.475 e. The molecular weight excluding hydrogens is 473 g/mol. The van der Waals surface area contributed by atoms with E-state index in [0.717, 1.165) is 11.1 Å². The number of ether oxygens (including phenoxy) is 2. The summed E-state index contributed by atoms with van der Waals surface area (Å²) in [5.41, 5.74) is 7.72. The van der Waals surface area contributed by atoms with Gasteiger partial charge in [0.2, 0.25) is 11.8 Å². The Balaban J connectivity index is 0.00000612. The maximum atomic E-state index is 13.0. The molecule has 192 valence electrons. The van der Waals surface area contributed by atoms with E-state index in [2.05, 4.69) is 10.6 Å². The number of carbonyl (C=O) groups excluding carboxylic acids is 2. The maximum absolute atomic E-state index is 13.0. The third-order valence-electron chi connectivity index (χ3n) is 5.50. The highest BCUT2D eigenvalue weighted by Gasteiger charge is 2.32. The lowest BCUT2D eigenvalue weighted by molar-refractivity contribution is -0.130. The highest BCUT2D eigenvalue weighted by molar-refractivity contribution is 6.43. The predicted molar refractivity (Wildman–Crippen MR) is 138 cm³/mol. The van der Waals surface area contributed by atoms with Gasteiger partial charge < -0.3 is 35.9 Å². The van der Waals surface area contributed by atoms with Crippen molar-refractivity contribution < 1.29 is 29.1 Å². The van der Waals surface area contributed by atoms with Crippen molar-refractivity contribution in [2.75, 3.05) is 14.2 Å². The van der Waals surface area contributed by atoms with Crippen LogP contribution in [0.3, 0.4) is 0 Å². The first-order valence-corrected chi connectivity index (χ1v) is 11.1. The molecule has 6 N–H and O–H groups in total. The van der Waals surface area contributed by atoms with Crippen molar-refractivity contribution in [1.29, 1.82) is 0 Å². The Bertz CT molecular complexity index is 928. The summed E-state index contributed by atoms with van der Waals surface area (Å²) in [4.78, 5) is 25.7. The van der Waals surface area contributed by atoms with Gasteiger partial charge in [0.05, 0.1) is 26.2 Å². The van der Waals surface area contributed by atoms with E-state index in [-0.39, 0.29) is 31.2 Å². The predicted octanol–water partition coefficient (Wildman–Crippen LogP) is 0.876. The van der Waals surface area contributed by atoms with Gasteiger partial charge in [0, 0.05) is 0 Å². The van der Waals surface area contributed by atoms with Crippen LogP contribution in [0.25, 0.3) is 0 Å². The molecule has 2 rings (SSSR count). The van der Waals surface area contributed by atoms with Gasteiger partial charge in [0.1, 0.15) is 17.5 Å². The first kappa shape index (κ1) is 30.2. The van der Waals surface area contributed by atoms with Crippen LogP contribution in [0.5, 0.6) is 11.5 Å². The average molecular weight is 508 g/mol. The van der Waals surface area contributed by atoms with Gasteiger partial charge in [-0.05, 0) is 54.2 Å². The number of halogens is 1. The summed E-state index contributed by atoms with van der Waals surface area (Å²) in [7, 11) is 1.34. The zero-order chi connectivity index (χ0) is 25.3. The van der Waals surface area contributed by atoms with Gasteiger partial charge in [0.25, 0.3) is 0 Å². The van der Waals surface area contributed by atoms with Crippen molar-refractivity contribution in [1.82, 2.24) is 10.6 Å². The van der Waals surface area contributed by atoms with Crippen LogP contribution < -0.4 is 25.8 Å². The van der Waals surface area contributed by atoms with Crippen molar-refractivity contribution in [2.24, 2.45) is 11.7 Å². The molecule has 0 radical (unpaired) electrons. The Morgan fingerprint density at radius 3 is 1.71 bits per heavy atom. The first-order chi connectivity index (χ1) is 16.1. The number of nitrogens with one attached hydrogen (secondary N) is 2. The Morgan fingerprint density at radius 2 is 1.31 bits per heavy atom. The molecule has 2 amide bonds. The molecular formula is C24H35BClN3O6. The van der Waals surface area contributed by atoms with Crippen LogP contribution in [0, 0.1) is 5.92 Å². The number of benzene rings is 2. The topological polar surface area (TPSA) is 143 Å². The lowest BCUT2D eigenvalue weighted by Gasteiger charge is -2.26. The van der Waals surface area contributed by atoms with E-state index in [4.69, 9.17) is 15.2 Å². The molecule has 0 heterocycles. The van der Waals surface area contributed by atoms with Crippen molar-refractivity contribution >= 4 is 31.3 Å². The summed E-state index contributed by atoms with van der Waals surface area (Å²) in [6, 6.07) is 12.5. The minimum absolute atomic E-state index is 0. The molecule has 2 aromatic rings. The highest BCUT2D eigenvalue weighted by Crippen LogP contribution is 2.14. The number of carbonyl (C=O) groups is 2. The van der Waals surface area contributed by atoms with Crippen LogP contribution in [0.1, 0.15) is 25.0 Å². The van der Waals surface area contributed by atoms with Gasteiger partial charge in [-0.15, -0.1) is 12.4 Å². The summed E-state index contributed by atoms with van der Waals surface area (Å²) >= 11 is 0. The fourth-order valence-electron chi connectivity index (χ4n) is 3.42. The SMILES string of the molecule is COc1ccc(C[C@H](NC(=O)[C@@H](NC(=O)[C@@H](N)Cc2ccc(OC)cc2)C(C)C)B(O)O)cc1.Cl. The van der Waals surface area contributed by atoms with Crippen molar-refractivity contribution in [2.45, 2.75) is 44.7 Å². The minimum atomic E-state index is -1.79. The largest absolute Gasteiger partial charge is 0.497 e. The monoisotopic (exact) mass is 507 g/mol. The highest BCUT2D eigenvalue weighted by atomic mass is 35.5. The normalized spacial score (nSPS) is 13.1. The summed E-state index contributed by atoms with van der Waals surface area (Å²) in [6.45, 7) is 3.57. The fraction of sp³-hybridized carbons (Fsp3) is 0.417. The van der Waals surface area contributed by atoms with Crippen LogP contribution in [0.2, 0.25) is 0 Å². The van der Waals surface area contributed by atoms with E-state index < -0.39 is 37.0 Å². The molecule has 9 nitrogen and oxygen atoms in total. The van der Waals surface area contributed by atoms with Crippen LogP contribution in [0.4, 0.5) is 0 Å². The molecule has 0 saturated heterocycles. The molecule has 0 aliphatic heterocycles. The molecule has 35 heavy (non-hydrogen) atoms. The zero-order valence-electron chi connectivity index (χ0n) is 20.4. The Hall–Kier alpha value is -2.79. The number of hydrogen-bond donors (Lipinski definition) is 5. The van der Waals surface area contributed by atoms with Gasteiger partial charge in [-0.2, -0.15) is 0 Å². The molecule has 0 saturated carbocycles. The van der Waals surface area contributed by atoms with Crippen LogP contribution >= 0.6 is 12.4 Å². The average Bonchev–Trinajstić information content (AvgIpc) is 2.82.